The van der Waals surface area contributed by atoms with E-state index in [9.17, 15) is 0 Å². The molecule has 0 amide bonds. The molecule has 0 saturated carbocycles. The Morgan fingerprint density at radius 2 is 1.88 bits per heavy atom. The molecular formula is C19H32INOSSi. The van der Waals surface area contributed by atoms with Crippen molar-refractivity contribution in [2.24, 2.45) is 5.92 Å². The quantitative estimate of drug-likeness (QED) is 0.277. The first kappa shape index (κ1) is 22.1. The number of nitrogens with zero attached hydrogens (tertiary/aromatic N) is 1. The summed E-state index contributed by atoms with van der Waals surface area (Å²) in [5, 5.41) is 3.24. The van der Waals surface area contributed by atoms with Gasteiger partial charge in [-0.05, 0) is 76.7 Å². The van der Waals surface area contributed by atoms with Crippen LogP contribution in [0.5, 0.6) is 0 Å². The van der Waals surface area contributed by atoms with E-state index in [-0.39, 0.29) is 6.10 Å². The Balaban J connectivity index is 3.17. The van der Waals surface area contributed by atoms with Crippen LogP contribution in [0, 0.1) is 12.8 Å². The number of halogens is 1. The molecule has 0 aromatic carbocycles. The fraction of sp³-hybridized carbons (Fsp3) is 0.632. The van der Waals surface area contributed by atoms with Gasteiger partial charge in [0.15, 0.2) is 8.32 Å². The largest absolute Gasteiger partial charge is 0.410 e. The van der Waals surface area contributed by atoms with Crippen molar-refractivity contribution in [3.05, 3.63) is 31.3 Å². The maximum absolute atomic E-state index is 6.89. The number of rotatable bonds is 9. The lowest BCUT2D eigenvalue weighted by Gasteiger charge is -2.36. The van der Waals surface area contributed by atoms with Crippen molar-refractivity contribution in [3.63, 3.8) is 0 Å². The highest BCUT2D eigenvalue weighted by Gasteiger charge is 2.34. The summed E-state index contributed by atoms with van der Waals surface area (Å²) in [5.74, 6) is 0.370. The van der Waals surface area contributed by atoms with Crippen LogP contribution in [-0.2, 0) is 4.43 Å². The van der Waals surface area contributed by atoms with Crippen molar-refractivity contribution in [3.8, 4) is 0 Å². The summed E-state index contributed by atoms with van der Waals surface area (Å²) in [6.45, 7) is 15.6. The summed E-state index contributed by atoms with van der Waals surface area (Å²) >= 11 is 4.10. The molecule has 0 fully saturated rings. The predicted molar refractivity (Wildman–Crippen MR) is 120 cm³/mol. The number of allylic oxidation sites excluding steroid dienone is 1. The maximum atomic E-state index is 6.89. The van der Waals surface area contributed by atoms with Crippen LogP contribution in [-0.4, -0.2) is 19.4 Å². The topological polar surface area (TPSA) is 22.1 Å². The second-order valence-electron chi connectivity index (χ2n) is 6.57. The van der Waals surface area contributed by atoms with Gasteiger partial charge in [0.05, 0.1) is 16.8 Å². The first-order valence-corrected chi connectivity index (χ1v) is 13.4. The minimum Gasteiger partial charge on any atom is -0.410 e. The van der Waals surface area contributed by atoms with Gasteiger partial charge in [0.1, 0.15) is 0 Å². The number of hydrogen-bond donors (Lipinski definition) is 0. The fourth-order valence-corrected chi connectivity index (χ4v) is 7.17. The van der Waals surface area contributed by atoms with E-state index in [1.807, 2.05) is 0 Å². The van der Waals surface area contributed by atoms with Gasteiger partial charge in [0, 0.05) is 11.3 Å². The molecule has 1 rings (SSSR count). The average Bonchev–Trinajstić information content (AvgIpc) is 2.93. The van der Waals surface area contributed by atoms with E-state index in [4.69, 9.17) is 4.43 Å². The molecule has 24 heavy (non-hydrogen) atoms. The van der Waals surface area contributed by atoms with Gasteiger partial charge >= 0.3 is 0 Å². The maximum Gasteiger partial charge on any atom is 0.192 e. The van der Waals surface area contributed by atoms with E-state index >= 15 is 0 Å². The van der Waals surface area contributed by atoms with Crippen LogP contribution in [0.2, 0.25) is 18.1 Å². The number of hydrogen-bond acceptors (Lipinski definition) is 3. The summed E-state index contributed by atoms with van der Waals surface area (Å²) in [6.07, 6.45) is 4.68. The van der Waals surface area contributed by atoms with Crippen LogP contribution in [0.3, 0.4) is 0 Å². The van der Waals surface area contributed by atoms with Crippen molar-refractivity contribution >= 4 is 48.3 Å². The second kappa shape index (κ2) is 10.2. The van der Waals surface area contributed by atoms with Gasteiger partial charge in [-0.3, -0.25) is 0 Å². The van der Waals surface area contributed by atoms with Gasteiger partial charge < -0.3 is 4.43 Å². The van der Waals surface area contributed by atoms with Crippen LogP contribution in [0.1, 0.15) is 52.2 Å². The zero-order valence-electron chi connectivity index (χ0n) is 16.1. The van der Waals surface area contributed by atoms with Gasteiger partial charge in [0.2, 0.25) is 0 Å². The molecular weight excluding hydrogens is 445 g/mol. The third kappa shape index (κ3) is 6.39. The normalized spacial score (nSPS) is 16.3. The van der Waals surface area contributed by atoms with Gasteiger partial charge in [-0.2, -0.15) is 0 Å². The minimum absolute atomic E-state index is 0.142. The van der Waals surface area contributed by atoms with Crippen LogP contribution in [0.15, 0.2) is 20.6 Å². The summed E-state index contributed by atoms with van der Waals surface area (Å²) in [4.78, 5) is 4.59. The van der Waals surface area contributed by atoms with E-state index in [2.05, 4.69) is 93.6 Å². The number of thiazole rings is 1. The summed E-state index contributed by atoms with van der Waals surface area (Å²) in [6, 6.07) is 3.54. The molecule has 0 unspecified atom stereocenters. The van der Waals surface area contributed by atoms with E-state index in [1.54, 1.807) is 11.3 Å². The molecule has 0 aliphatic rings. The fourth-order valence-electron chi connectivity index (χ4n) is 3.10. The Kier molecular flexibility index (Phi) is 9.41. The van der Waals surface area contributed by atoms with E-state index < -0.39 is 8.32 Å². The van der Waals surface area contributed by atoms with Crippen molar-refractivity contribution in [1.82, 2.24) is 4.98 Å². The smallest absolute Gasteiger partial charge is 0.192 e. The second-order valence-corrected chi connectivity index (χ2v) is 14.1. The molecule has 2 nitrogen and oxygen atoms in total. The number of aromatic nitrogens is 1. The predicted octanol–water partition coefficient (Wildman–Crippen LogP) is 7.22. The molecule has 0 bridgehead atoms. The Morgan fingerprint density at radius 3 is 2.29 bits per heavy atom. The molecule has 136 valence electrons. The Bertz CT molecular complexity index is 565. The van der Waals surface area contributed by atoms with Crippen LogP contribution in [0.4, 0.5) is 0 Å². The highest BCUT2D eigenvalue weighted by atomic mass is 127. The first-order chi connectivity index (χ1) is 11.3. The van der Waals surface area contributed by atoms with Crippen molar-refractivity contribution in [2.45, 2.75) is 72.7 Å². The highest BCUT2D eigenvalue weighted by molar-refractivity contribution is 14.1. The van der Waals surface area contributed by atoms with Crippen molar-refractivity contribution in [2.75, 3.05) is 0 Å². The number of aryl methyl sites for hydroxylation is 1. The summed E-state index contributed by atoms with van der Waals surface area (Å²) in [7, 11) is -1.66. The Morgan fingerprint density at radius 1 is 1.29 bits per heavy atom. The molecule has 0 N–H and O–H groups in total. The summed E-state index contributed by atoms with van der Waals surface area (Å²) in [5.41, 5.74) is 2.34. The summed E-state index contributed by atoms with van der Waals surface area (Å²) < 4.78 is 8.21. The lowest BCUT2D eigenvalue weighted by molar-refractivity contribution is 0.185. The zero-order chi connectivity index (χ0) is 18.3. The molecule has 1 aromatic heterocycles. The Labute approximate surface area is 167 Å². The van der Waals surface area contributed by atoms with Gasteiger partial charge in [-0.1, -0.05) is 33.8 Å². The molecule has 0 saturated heterocycles. The zero-order valence-corrected chi connectivity index (χ0v) is 20.1. The van der Waals surface area contributed by atoms with Crippen LogP contribution < -0.4 is 0 Å². The van der Waals surface area contributed by atoms with E-state index in [0.29, 0.717) is 5.92 Å². The molecule has 5 heteroatoms. The van der Waals surface area contributed by atoms with E-state index in [0.717, 1.165) is 10.7 Å². The highest BCUT2D eigenvalue weighted by Crippen LogP contribution is 2.31. The molecule has 0 spiro atoms. The first-order valence-electron chi connectivity index (χ1n) is 8.89. The molecule has 2 atom stereocenters. The molecule has 0 aliphatic heterocycles. The Hall–Kier alpha value is 0.0169. The minimum atomic E-state index is -1.66. The van der Waals surface area contributed by atoms with Crippen molar-refractivity contribution in [1.29, 1.82) is 0 Å². The van der Waals surface area contributed by atoms with Crippen LogP contribution >= 0.6 is 33.9 Å². The van der Waals surface area contributed by atoms with Crippen LogP contribution in [0.25, 0.3) is 6.08 Å². The molecule has 1 aromatic rings. The third-order valence-electron chi connectivity index (χ3n) is 4.74. The lowest BCUT2D eigenvalue weighted by Crippen LogP contribution is -2.42. The molecule has 0 aliphatic carbocycles. The van der Waals surface area contributed by atoms with Gasteiger partial charge in [0.25, 0.3) is 0 Å². The lowest BCUT2D eigenvalue weighted by atomic mass is 9.97. The molecule has 1 heterocycles. The molecule has 0 radical (unpaired) electrons. The van der Waals surface area contributed by atoms with Gasteiger partial charge in [-0.15, -0.1) is 11.3 Å². The van der Waals surface area contributed by atoms with Gasteiger partial charge in [-0.25, -0.2) is 4.98 Å². The standard InChI is InChI=1S/C19H32INOSSi/c1-8-24(9-2,10-3)22-19(14(4)11-16(6)20)15(5)12-18-13-23-17(7)21-18/h11-14,19H,8-10H2,1-7H3/b15-12+,16-11-/t14-,19-/m0/s1. The average molecular weight is 478 g/mol. The SMILES string of the molecule is CC[Si](CC)(CC)O[C@H](/C(C)=C/c1csc(C)n1)[C@@H](C)/C=C(/C)I. The third-order valence-corrected chi connectivity index (χ3v) is 10.5. The monoisotopic (exact) mass is 477 g/mol. The van der Waals surface area contributed by atoms with Crippen molar-refractivity contribution < 1.29 is 4.43 Å². The van der Waals surface area contributed by atoms with E-state index in [1.165, 1.54) is 27.3 Å².